The number of rotatable bonds is 7. The van der Waals surface area contributed by atoms with Crippen LogP contribution in [0.3, 0.4) is 0 Å². The first-order valence-corrected chi connectivity index (χ1v) is 5.03. The minimum Gasteiger partial charge on any atom is -0.313 e. The Balaban J connectivity index is 3.43. The summed E-state index contributed by atoms with van der Waals surface area (Å²) in [4.78, 5) is 2.29. The average molecular weight is 183 g/mol. The lowest BCUT2D eigenvalue weighted by Gasteiger charge is -2.19. The zero-order valence-electron chi connectivity index (χ0n) is 9.01. The fourth-order valence-electron chi connectivity index (χ4n) is 1.15. The zero-order valence-corrected chi connectivity index (χ0v) is 9.01. The Bertz CT molecular complexity index is 149. The highest BCUT2D eigenvalue weighted by atomic mass is 15.1. The second-order valence-corrected chi connectivity index (χ2v) is 3.45. The van der Waals surface area contributed by atoms with Gasteiger partial charge in [0.2, 0.25) is 0 Å². The molecule has 0 spiro atoms. The van der Waals surface area contributed by atoms with E-state index in [-0.39, 0.29) is 0 Å². The summed E-state index contributed by atoms with van der Waals surface area (Å²) in [5.74, 6) is 0. The summed E-state index contributed by atoms with van der Waals surface area (Å²) in [5.41, 5.74) is 0. The third kappa shape index (κ3) is 7.76. The largest absolute Gasteiger partial charge is 0.313 e. The van der Waals surface area contributed by atoms with Gasteiger partial charge in [0.1, 0.15) is 0 Å². The minimum atomic E-state index is 0.551. The van der Waals surface area contributed by atoms with Crippen molar-refractivity contribution in [3.8, 4) is 6.07 Å². The van der Waals surface area contributed by atoms with E-state index in [1.54, 1.807) is 0 Å². The topological polar surface area (TPSA) is 39.1 Å². The number of nitrogens with one attached hydrogen (secondary N) is 1. The van der Waals surface area contributed by atoms with Crippen molar-refractivity contribution in [1.29, 1.82) is 5.26 Å². The molecule has 1 N–H and O–H groups in total. The van der Waals surface area contributed by atoms with Crippen LogP contribution >= 0.6 is 0 Å². The summed E-state index contributed by atoms with van der Waals surface area (Å²) in [5, 5.41) is 11.8. The molecule has 0 aliphatic rings. The molecule has 0 heterocycles. The Labute approximate surface area is 81.7 Å². The number of hydrogen-bond donors (Lipinski definition) is 1. The fraction of sp³-hybridized carbons (Fsp3) is 0.900. The van der Waals surface area contributed by atoms with Crippen molar-refractivity contribution in [3.63, 3.8) is 0 Å². The molecule has 3 heteroatoms. The lowest BCUT2D eigenvalue weighted by Crippen LogP contribution is -2.35. The molecule has 0 amide bonds. The maximum atomic E-state index is 8.43. The third-order valence-corrected chi connectivity index (χ3v) is 1.97. The van der Waals surface area contributed by atoms with E-state index < -0.39 is 0 Å². The summed E-state index contributed by atoms with van der Waals surface area (Å²) in [6, 6.07) is 2.72. The van der Waals surface area contributed by atoms with Gasteiger partial charge in [0.25, 0.3) is 0 Å². The van der Waals surface area contributed by atoms with E-state index in [0.29, 0.717) is 12.5 Å². The van der Waals surface area contributed by atoms with Crippen LogP contribution in [0.4, 0.5) is 0 Å². The van der Waals surface area contributed by atoms with Crippen molar-refractivity contribution in [2.24, 2.45) is 0 Å². The van der Waals surface area contributed by atoms with Crippen molar-refractivity contribution in [1.82, 2.24) is 10.2 Å². The van der Waals surface area contributed by atoms with E-state index >= 15 is 0 Å². The van der Waals surface area contributed by atoms with Gasteiger partial charge in [-0.3, -0.25) is 0 Å². The van der Waals surface area contributed by atoms with Crippen LogP contribution in [0.2, 0.25) is 0 Å². The second-order valence-electron chi connectivity index (χ2n) is 3.45. The van der Waals surface area contributed by atoms with Gasteiger partial charge in [-0.25, -0.2) is 0 Å². The molecule has 0 radical (unpaired) electrons. The maximum Gasteiger partial charge on any atom is 0.0635 e. The van der Waals surface area contributed by atoms with Crippen LogP contribution in [-0.2, 0) is 0 Å². The Morgan fingerprint density at radius 2 is 2.08 bits per heavy atom. The monoisotopic (exact) mass is 183 g/mol. The summed E-state index contributed by atoms with van der Waals surface area (Å²) < 4.78 is 0. The molecule has 0 aliphatic carbocycles. The summed E-state index contributed by atoms with van der Waals surface area (Å²) >= 11 is 0. The highest BCUT2D eigenvalue weighted by molar-refractivity contribution is 4.72. The van der Waals surface area contributed by atoms with Crippen molar-refractivity contribution in [2.75, 3.05) is 26.2 Å². The quantitative estimate of drug-likeness (QED) is 0.645. The molecule has 0 saturated heterocycles. The number of nitriles is 1. The molecule has 0 aromatic rings. The molecule has 0 aliphatic heterocycles. The number of hydrogen-bond acceptors (Lipinski definition) is 3. The molecule has 0 fully saturated rings. The molecular weight excluding hydrogens is 162 g/mol. The summed E-state index contributed by atoms with van der Waals surface area (Å²) in [6.45, 7) is 10.4. The van der Waals surface area contributed by atoms with Crippen molar-refractivity contribution >= 4 is 0 Å². The van der Waals surface area contributed by atoms with Crippen LogP contribution < -0.4 is 5.32 Å². The van der Waals surface area contributed by atoms with Crippen molar-refractivity contribution < 1.29 is 0 Å². The van der Waals surface area contributed by atoms with Gasteiger partial charge in [-0.1, -0.05) is 20.8 Å². The number of likely N-dealkylation sites (N-methyl/N-ethyl adjacent to an activating group) is 1. The van der Waals surface area contributed by atoms with Gasteiger partial charge in [0, 0.05) is 32.1 Å². The molecule has 0 aromatic carbocycles. The third-order valence-electron chi connectivity index (χ3n) is 1.97. The number of nitrogens with zero attached hydrogens (tertiary/aromatic N) is 2. The van der Waals surface area contributed by atoms with Crippen LogP contribution in [0.25, 0.3) is 0 Å². The molecule has 76 valence electrons. The Morgan fingerprint density at radius 1 is 1.38 bits per heavy atom. The smallest absolute Gasteiger partial charge is 0.0635 e. The first kappa shape index (κ1) is 12.4. The molecule has 0 bridgehead atoms. The molecule has 3 nitrogen and oxygen atoms in total. The van der Waals surface area contributed by atoms with Gasteiger partial charge < -0.3 is 10.2 Å². The Hall–Kier alpha value is -0.590. The Kier molecular flexibility index (Phi) is 7.66. The summed E-state index contributed by atoms with van der Waals surface area (Å²) in [6.07, 6.45) is 0.634. The van der Waals surface area contributed by atoms with Crippen molar-refractivity contribution in [2.45, 2.75) is 33.2 Å². The van der Waals surface area contributed by atoms with Gasteiger partial charge in [0.05, 0.1) is 6.07 Å². The standard InChI is InChI=1S/C10H21N3/c1-4-13(8-5-6-11)9-7-12-10(2)3/h10,12H,4-5,7-9H2,1-3H3. The molecule has 13 heavy (non-hydrogen) atoms. The lowest BCUT2D eigenvalue weighted by molar-refractivity contribution is 0.290. The SMILES string of the molecule is CCN(CCC#N)CCNC(C)C. The molecule has 0 saturated carbocycles. The highest BCUT2D eigenvalue weighted by Gasteiger charge is 2.00. The van der Waals surface area contributed by atoms with Crippen LogP contribution in [0.5, 0.6) is 0 Å². The second kappa shape index (κ2) is 8.03. The zero-order chi connectivity index (χ0) is 10.1. The predicted molar refractivity (Wildman–Crippen MR) is 55.5 cm³/mol. The first-order valence-electron chi connectivity index (χ1n) is 5.03. The van der Waals surface area contributed by atoms with E-state index in [4.69, 9.17) is 5.26 Å². The average Bonchev–Trinajstić information content (AvgIpc) is 2.10. The summed E-state index contributed by atoms with van der Waals surface area (Å²) in [7, 11) is 0. The van der Waals surface area contributed by atoms with E-state index in [2.05, 4.69) is 37.1 Å². The van der Waals surface area contributed by atoms with Crippen LogP contribution in [0, 0.1) is 11.3 Å². The Morgan fingerprint density at radius 3 is 2.54 bits per heavy atom. The van der Waals surface area contributed by atoms with Gasteiger partial charge in [-0.05, 0) is 6.54 Å². The normalized spacial score (nSPS) is 10.8. The molecule has 0 aromatic heterocycles. The van der Waals surface area contributed by atoms with E-state index in [9.17, 15) is 0 Å². The molecular formula is C10H21N3. The van der Waals surface area contributed by atoms with E-state index in [1.807, 2.05) is 0 Å². The van der Waals surface area contributed by atoms with E-state index in [0.717, 1.165) is 26.2 Å². The fourth-order valence-corrected chi connectivity index (χ4v) is 1.15. The maximum absolute atomic E-state index is 8.43. The lowest BCUT2D eigenvalue weighted by atomic mass is 10.3. The van der Waals surface area contributed by atoms with Gasteiger partial charge in [-0.2, -0.15) is 5.26 Å². The van der Waals surface area contributed by atoms with Crippen LogP contribution in [0.1, 0.15) is 27.2 Å². The van der Waals surface area contributed by atoms with Crippen LogP contribution in [0.15, 0.2) is 0 Å². The van der Waals surface area contributed by atoms with Gasteiger partial charge in [-0.15, -0.1) is 0 Å². The van der Waals surface area contributed by atoms with E-state index in [1.165, 1.54) is 0 Å². The van der Waals surface area contributed by atoms with Gasteiger partial charge >= 0.3 is 0 Å². The molecule has 0 rings (SSSR count). The highest BCUT2D eigenvalue weighted by Crippen LogP contribution is 1.89. The van der Waals surface area contributed by atoms with Gasteiger partial charge in [0.15, 0.2) is 0 Å². The predicted octanol–water partition coefficient (Wildman–Crippen LogP) is 1.22. The minimum absolute atomic E-state index is 0.551. The first-order chi connectivity index (χ1) is 6.20. The van der Waals surface area contributed by atoms with Crippen molar-refractivity contribution in [3.05, 3.63) is 0 Å². The molecule has 0 unspecified atom stereocenters. The van der Waals surface area contributed by atoms with Crippen LogP contribution in [-0.4, -0.2) is 37.1 Å². The molecule has 0 atom stereocenters.